The molecule has 0 heterocycles. The number of carbonyl (C=O) groups is 2. The lowest BCUT2D eigenvalue weighted by atomic mass is 10.0. The first-order valence-electron chi connectivity index (χ1n) is 12.9. The van der Waals surface area contributed by atoms with Gasteiger partial charge < -0.3 is 15.0 Å². The molecule has 40 heavy (non-hydrogen) atoms. The van der Waals surface area contributed by atoms with Crippen LogP contribution in [0.3, 0.4) is 0 Å². The first kappa shape index (κ1) is 30.6. The third kappa shape index (κ3) is 8.29. The van der Waals surface area contributed by atoms with E-state index in [-0.39, 0.29) is 36.4 Å². The second kappa shape index (κ2) is 13.4. The standard InChI is InChI=1S/C30H36FN3O5S/c1-21(2)32-30(36)27(18-23-9-7-6-8-10-23)33(19-24-12-14-25(31)15-13-24)29(35)20-34(40(5,37)38)26-17-22(3)11-16-28(26)39-4/h6-17,21,27H,18-20H2,1-5H3,(H,32,36)/t27-/m1/s1. The number of nitrogens with one attached hydrogen (secondary N) is 1. The van der Waals surface area contributed by atoms with Gasteiger partial charge in [0.1, 0.15) is 24.2 Å². The molecular weight excluding hydrogens is 533 g/mol. The van der Waals surface area contributed by atoms with E-state index in [0.29, 0.717) is 5.56 Å². The Labute approximate surface area is 235 Å². The van der Waals surface area contributed by atoms with Gasteiger partial charge in [0.05, 0.1) is 19.1 Å². The van der Waals surface area contributed by atoms with Gasteiger partial charge in [0, 0.05) is 19.0 Å². The molecule has 0 aliphatic heterocycles. The number of aryl methyl sites for hydroxylation is 1. The van der Waals surface area contributed by atoms with Crippen molar-refractivity contribution in [2.75, 3.05) is 24.2 Å². The molecule has 8 nitrogen and oxygen atoms in total. The Bertz CT molecular complexity index is 1410. The van der Waals surface area contributed by atoms with E-state index in [1.807, 2.05) is 44.2 Å². The van der Waals surface area contributed by atoms with E-state index in [4.69, 9.17) is 4.74 Å². The highest BCUT2D eigenvalue weighted by molar-refractivity contribution is 7.92. The Kier molecular flexibility index (Phi) is 10.3. The van der Waals surface area contributed by atoms with Crippen LogP contribution in [0.25, 0.3) is 0 Å². The zero-order valence-corrected chi connectivity index (χ0v) is 24.2. The summed E-state index contributed by atoms with van der Waals surface area (Å²) < 4.78 is 46.0. The van der Waals surface area contributed by atoms with Gasteiger partial charge in [-0.25, -0.2) is 12.8 Å². The molecule has 0 aromatic heterocycles. The van der Waals surface area contributed by atoms with Crippen LogP contribution in [0.2, 0.25) is 0 Å². The van der Waals surface area contributed by atoms with Crippen LogP contribution in [-0.4, -0.2) is 57.1 Å². The lowest BCUT2D eigenvalue weighted by Crippen LogP contribution is -2.54. The van der Waals surface area contributed by atoms with Crippen LogP contribution >= 0.6 is 0 Å². The first-order valence-corrected chi connectivity index (χ1v) is 14.7. The van der Waals surface area contributed by atoms with Crippen LogP contribution in [0.4, 0.5) is 10.1 Å². The van der Waals surface area contributed by atoms with Crippen molar-refractivity contribution in [1.82, 2.24) is 10.2 Å². The highest BCUT2D eigenvalue weighted by atomic mass is 32.2. The third-order valence-corrected chi connectivity index (χ3v) is 7.38. The minimum atomic E-state index is -3.94. The van der Waals surface area contributed by atoms with Crippen molar-refractivity contribution in [3.8, 4) is 5.75 Å². The quantitative estimate of drug-likeness (QED) is 0.355. The summed E-state index contributed by atoms with van der Waals surface area (Å²) in [5.74, 6) is -1.13. The van der Waals surface area contributed by atoms with E-state index in [2.05, 4.69) is 5.32 Å². The molecule has 0 aliphatic rings. The Morgan fingerprint density at radius 2 is 1.62 bits per heavy atom. The number of ether oxygens (including phenoxy) is 1. The van der Waals surface area contributed by atoms with Gasteiger partial charge in [-0.05, 0) is 61.7 Å². The molecule has 0 bridgehead atoms. The molecule has 0 spiro atoms. The van der Waals surface area contributed by atoms with E-state index in [0.717, 1.165) is 21.7 Å². The van der Waals surface area contributed by atoms with Crippen molar-refractivity contribution in [3.63, 3.8) is 0 Å². The molecule has 3 aromatic rings. The van der Waals surface area contributed by atoms with Gasteiger partial charge in [-0.15, -0.1) is 0 Å². The normalized spacial score (nSPS) is 12.1. The zero-order valence-electron chi connectivity index (χ0n) is 23.4. The van der Waals surface area contributed by atoms with Gasteiger partial charge in [0.2, 0.25) is 21.8 Å². The third-order valence-electron chi connectivity index (χ3n) is 6.25. The summed E-state index contributed by atoms with van der Waals surface area (Å²) >= 11 is 0. The summed E-state index contributed by atoms with van der Waals surface area (Å²) in [5, 5.41) is 2.89. The van der Waals surface area contributed by atoms with Gasteiger partial charge in [-0.3, -0.25) is 13.9 Å². The Morgan fingerprint density at radius 1 is 0.975 bits per heavy atom. The maximum atomic E-state index is 14.1. The van der Waals surface area contributed by atoms with Crippen molar-refractivity contribution in [1.29, 1.82) is 0 Å². The fourth-order valence-electron chi connectivity index (χ4n) is 4.31. The SMILES string of the molecule is COc1ccc(C)cc1N(CC(=O)N(Cc1ccc(F)cc1)[C@H](Cc1ccccc1)C(=O)NC(C)C)S(C)(=O)=O. The van der Waals surface area contributed by atoms with Crippen LogP contribution in [0.15, 0.2) is 72.8 Å². The molecule has 0 saturated heterocycles. The van der Waals surface area contributed by atoms with Gasteiger partial charge in [-0.2, -0.15) is 0 Å². The van der Waals surface area contributed by atoms with Crippen molar-refractivity contribution in [2.45, 2.75) is 45.8 Å². The highest BCUT2D eigenvalue weighted by Gasteiger charge is 2.34. The molecule has 3 aromatic carbocycles. The van der Waals surface area contributed by atoms with Crippen molar-refractivity contribution in [3.05, 3.63) is 95.3 Å². The maximum Gasteiger partial charge on any atom is 0.244 e. The van der Waals surface area contributed by atoms with Crippen LogP contribution in [0, 0.1) is 12.7 Å². The fourth-order valence-corrected chi connectivity index (χ4v) is 5.16. The van der Waals surface area contributed by atoms with Crippen LogP contribution in [0.5, 0.6) is 5.75 Å². The molecule has 0 aliphatic carbocycles. The van der Waals surface area contributed by atoms with Gasteiger partial charge in [-0.1, -0.05) is 48.5 Å². The van der Waals surface area contributed by atoms with E-state index in [1.54, 1.807) is 25.1 Å². The van der Waals surface area contributed by atoms with Crippen LogP contribution in [0.1, 0.15) is 30.5 Å². The summed E-state index contributed by atoms with van der Waals surface area (Å²) in [7, 11) is -2.52. The molecule has 3 rings (SSSR count). The number of benzene rings is 3. The summed E-state index contributed by atoms with van der Waals surface area (Å²) in [6.45, 7) is 4.83. The summed E-state index contributed by atoms with van der Waals surface area (Å²) in [4.78, 5) is 29.0. The van der Waals surface area contributed by atoms with E-state index in [1.165, 1.54) is 36.3 Å². The number of sulfonamides is 1. The number of methoxy groups -OCH3 is 1. The predicted molar refractivity (Wildman–Crippen MR) is 154 cm³/mol. The summed E-state index contributed by atoms with van der Waals surface area (Å²) in [6, 6.07) is 18.8. The Hall–Kier alpha value is -3.92. The molecule has 10 heteroatoms. The molecule has 0 radical (unpaired) electrons. The number of anilines is 1. The lowest BCUT2D eigenvalue weighted by Gasteiger charge is -2.34. The smallest absolute Gasteiger partial charge is 0.244 e. The van der Waals surface area contributed by atoms with E-state index < -0.39 is 34.3 Å². The van der Waals surface area contributed by atoms with Crippen molar-refractivity contribution in [2.24, 2.45) is 0 Å². The highest BCUT2D eigenvalue weighted by Crippen LogP contribution is 2.31. The number of rotatable bonds is 12. The average molecular weight is 570 g/mol. The second-order valence-electron chi connectivity index (χ2n) is 9.96. The molecular formula is C30H36FN3O5S. The topological polar surface area (TPSA) is 96.0 Å². The fraction of sp³-hybridized carbons (Fsp3) is 0.333. The van der Waals surface area contributed by atoms with E-state index in [9.17, 15) is 22.4 Å². The molecule has 0 unspecified atom stereocenters. The van der Waals surface area contributed by atoms with E-state index >= 15 is 0 Å². The van der Waals surface area contributed by atoms with Crippen LogP contribution in [-0.2, 0) is 32.6 Å². The molecule has 0 fully saturated rings. The van der Waals surface area contributed by atoms with Gasteiger partial charge in [0.25, 0.3) is 0 Å². The molecule has 0 saturated carbocycles. The summed E-state index contributed by atoms with van der Waals surface area (Å²) in [6.07, 6.45) is 1.21. The Balaban J connectivity index is 2.09. The van der Waals surface area contributed by atoms with Gasteiger partial charge in [0.15, 0.2) is 0 Å². The summed E-state index contributed by atoms with van der Waals surface area (Å²) in [5.41, 5.74) is 2.40. The van der Waals surface area contributed by atoms with Gasteiger partial charge >= 0.3 is 0 Å². The molecule has 1 N–H and O–H groups in total. The minimum Gasteiger partial charge on any atom is -0.495 e. The zero-order chi connectivity index (χ0) is 29.4. The molecule has 2 amide bonds. The van der Waals surface area contributed by atoms with Crippen molar-refractivity contribution >= 4 is 27.5 Å². The number of carbonyl (C=O) groups excluding carboxylic acids is 2. The largest absolute Gasteiger partial charge is 0.495 e. The maximum absolute atomic E-state index is 14.1. The monoisotopic (exact) mass is 569 g/mol. The molecule has 1 atom stereocenters. The van der Waals surface area contributed by atoms with Crippen molar-refractivity contribution < 1.29 is 27.1 Å². The number of hydrogen-bond donors (Lipinski definition) is 1. The number of hydrogen-bond acceptors (Lipinski definition) is 5. The number of amides is 2. The molecule has 214 valence electrons. The van der Waals surface area contributed by atoms with Crippen LogP contribution < -0.4 is 14.4 Å². The first-order chi connectivity index (χ1) is 18.9. The Morgan fingerprint density at radius 3 is 2.20 bits per heavy atom. The lowest BCUT2D eigenvalue weighted by molar-refractivity contribution is -0.140. The second-order valence-corrected chi connectivity index (χ2v) is 11.9. The number of halogens is 1. The minimum absolute atomic E-state index is 0.0370. The predicted octanol–water partition coefficient (Wildman–Crippen LogP) is 4.07. The number of nitrogens with zero attached hydrogens (tertiary/aromatic N) is 2. The average Bonchev–Trinajstić information content (AvgIpc) is 2.89.